The second-order valence-corrected chi connectivity index (χ2v) is 8.89. The third-order valence-electron chi connectivity index (χ3n) is 6.51. The highest BCUT2D eigenvalue weighted by Gasteiger charge is 2.24. The van der Waals surface area contributed by atoms with E-state index in [1.165, 1.54) is 10.0 Å². The lowest BCUT2D eigenvalue weighted by Crippen LogP contribution is -2.48. The lowest BCUT2D eigenvalue weighted by atomic mass is 9.88. The Kier molecular flexibility index (Phi) is 5.55. The summed E-state index contributed by atoms with van der Waals surface area (Å²) in [6.07, 6.45) is 0. The molecule has 0 saturated carbocycles. The van der Waals surface area contributed by atoms with Crippen molar-refractivity contribution in [3.05, 3.63) is 120 Å². The molecular weight excluding hydrogens is 456 g/mol. The highest BCUT2D eigenvalue weighted by atomic mass is 16.2. The van der Waals surface area contributed by atoms with Gasteiger partial charge in [-0.1, -0.05) is 103 Å². The zero-order chi connectivity index (χ0) is 25.4. The Morgan fingerprint density at radius 3 is 1.73 bits per heavy atom. The van der Waals surface area contributed by atoms with E-state index >= 15 is 0 Å². The van der Waals surface area contributed by atoms with Gasteiger partial charge in [0.15, 0.2) is 5.84 Å². The largest absolute Gasteiger partial charge is 0.360 e. The standard InChI is InChI=1S/C32H23N4O/c1-35-32(37)36(2)34-31(33-35)24-19-17-23(18-20-24)30-28-14-8-6-12-25(28)27(26-13-7-9-15-29(26)30)21-16-22-10-4-3-5-11-22/h3-15,17-20H,1-2H3. The predicted octanol–water partition coefficient (Wildman–Crippen LogP) is 6.24. The zero-order valence-corrected chi connectivity index (χ0v) is 20.5. The number of hydrogen-bond acceptors (Lipinski definition) is 2. The zero-order valence-electron chi connectivity index (χ0n) is 20.5. The van der Waals surface area contributed by atoms with Crippen LogP contribution in [0.4, 0.5) is 4.79 Å². The van der Waals surface area contributed by atoms with E-state index in [-0.39, 0.29) is 6.03 Å². The number of amides is 2. The maximum atomic E-state index is 12.0. The molecule has 6 rings (SSSR count). The number of hydrazone groups is 1. The van der Waals surface area contributed by atoms with Gasteiger partial charge in [-0.25, -0.2) is 14.8 Å². The number of hydrogen-bond donors (Lipinski definition) is 0. The Bertz CT molecular complexity index is 1690. The number of rotatable bonds is 2. The minimum absolute atomic E-state index is 0.270. The van der Waals surface area contributed by atoms with Crippen molar-refractivity contribution in [1.29, 1.82) is 0 Å². The molecule has 1 radical (unpaired) electrons. The molecule has 1 aliphatic rings. The summed E-state index contributed by atoms with van der Waals surface area (Å²) in [7, 11) is 3.25. The van der Waals surface area contributed by atoms with Crippen molar-refractivity contribution >= 4 is 33.4 Å². The summed E-state index contributed by atoms with van der Waals surface area (Å²) < 4.78 is 0. The average molecular weight is 480 g/mol. The summed E-state index contributed by atoms with van der Waals surface area (Å²) in [5.41, 5.74) is 9.43. The van der Waals surface area contributed by atoms with Crippen molar-refractivity contribution < 1.29 is 4.79 Å². The molecule has 5 aromatic rings. The second-order valence-electron chi connectivity index (χ2n) is 8.89. The fourth-order valence-corrected chi connectivity index (χ4v) is 4.73. The Hall–Kier alpha value is -5.08. The van der Waals surface area contributed by atoms with Gasteiger partial charge in [0, 0.05) is 30.8 Å². The maximum Gasteiger partial charge on any atom is 0.360 e. The van der Waals surface area contributed by atoms with Crippen LogP contribution in [0.3, 0.4) is 0 Å². The first-order chi connectivity index (χ1) is 18.1. The summed E-state index contributed by atoms with van der Waals surface area (Å²) in [6.45, 7) is 0. The van der Waals surface area contributed by atoms with E-state index in [1.54, 1.807) is 14.1 Å². The first-order valence-electron chi connectivity index (χ1n) is 12.0. The van der Waals surface area contributed by atoms with Crippen LogP contribution in [0.2, 0.25) is 0 Å². The highest BCUT2D eigenvalue weighted by Crippen LogP contribution is 2.39. The van der Waals surface area contributed by atoms with Crippen LogP contribution < -0.4 is 5.43 Å². The van der Waals surface area contributed by atoms with E-state index in [2.05, 4.69) is 83.0 Å². The van der Waals surface area contributed by atoms with Crippen LogP contribution in [-0.4, -0.2) is 36.0 Å². The normalized spacial score (nSPS) is 13.2. The van der Waals surface area contributed by atoms with Crippen LogP contribution >= 0.6 is 0 Å². The van der Waals surface area contributed by atoms with Gasteiger partial charge in [0.1, 0.15) is 0 Å². The molecule has 0 aromatic heterocycles. The average Bonchev–Trinajstić information content (AvgIpc) is 2.94. The van der Waals surface area contributed by atoms with Crippen molar-refractivity contribution in [2.45, 2.75) is 0 Å². The summed E-state index contributed by atoms with van der Waals surface area (Å²) in [4.78, 5) is 12.0. The number of urea groups is 1. The van der Waals surface area contributed by atoms with Gasteiger partial charge in [-0.15, -0.1) is 10.5 Å². The third kappa shape index (κ3) is 4.05. The van der Waals surface area contributed by atoms with Crippen molar-refractivity contribution in [1.82, 2.24) is 15.4 Å². The van der Waals surface area contributed by atoms with E-state index in [0.29, 0.717) is 5.84 Å². The molecule has 5 nitrogen and oxygen atoms in total. The van der Waals surface area contributed by atoms with Gasteiger partial charge in [0.2, 0.25) is 0 Å². The fraction of sp³-hybridized carbons (Fsp3) is 0.0625. The number of carbonyl (C=O) groups excluding carboxylic acids is 1. The van der Waals surface area contributed by atoms with Gasteiger partial charge in [-0.05, 0) is 44.8 Å². The van der Waals surface area contributed by atoms with E-state index < -0.39 is 0 Å². The summed E-state index contributed by atoms with van der Waals surface area (Å²) in [5, 5.41) is 11.5. The van der Waals surface area contributed by atoms with Crippen molar-refractivity contribution in [2.24, 2.45) is 5.10 Å². The topological polar surface area (TPSA) is 50.0 Å². The second kappa shape index (κ2) is 9.18. The molecule has 0 N–H and O–H groups in total. The van der Waals surface area contributed by atoms with E-state index in [9.17, 15) is 4.79 Å². The van der Waals surface area contributed by atoms with Crippen LogP contribution in [0.15, 0.2) is 108 Å². The molecule has 0 saturated heterocycles. The molecule has 2 amide bonds. The molecule has 0 atom stereocenters. The SMILES string of the molecule is CN1[N]C(c2ccc(-c3c4ccccc4c(C#Cc4ccccc4)c4ccccc34)cc2)=NN(C)C1=O. The van der Waals surface area contributed by atoms with Gasteiger partial charge >= 0.3 is 6.03 Å². The van der Waals surface area contributed by atoms with Crippen LogP contribution in [0.1, 0.15) is 16.7 Å². The summed E-state index contributed by atoms with van der Waals surface area (Å²) in [5.74, 6) is 7.33. The van der Waals surface area contributed by atoms with Crippen LogP contribution in [0, 0.1) is 11.8 Å². The maximum absolute atomic E-state index is 12.0. The Morgan fingerprint density at radius 1 is 0.595 bits per heavy atom. The Morgan fingerprint density at radius 2 is 1.14 bits per heavy atom. The minimum Gasteiger partial charge on any atom is -0.244 e. The van der Waals surface area contributed by atoms with Crippen molar-refractivity contribution in [3.63, 3.8) is 0 Å². The van der Waals surface area contributed by atoms with Gasteiger partial charge in [0.05, 0.1) is 0 Å². The lowest BCUT2D eigenvalue weighted by Gasteiger charge is -2.26. The van der Waals surface area contributed by atoms with Gasteiger partial charge < -0.3 is 0 Å². The molecule has 1 aliphatic heterocycles. The first-order valence-corrected chi connectivity index (χ1v) is 12.0. The highest BCUT2D eigenvalue weighted by molar-refractivity contribution is 6.16. The van der Waals surface area contributed by atoms with Crippen molar-refractivity contribution in [2.75, 3.05) is 14.1 Å². The van der Waals surface area contributed by atoms with Gasteiger partial charge in [-0.3, -0.25) is 0 Å². The first kappa shape index (κ1) is 22.4. The number of amidine groups is 1. The molecule has 5 aromatic carbocycles. The fourth-order valence-electron chi connectivity index (χ4n) is 4.73. The molecule has 0 bridgehead atoms. The summed E-state index contributed by atoms with van der Waals surface area (Å²) >= 11 is 0. The van der Waals surface area contributed by atoms with Crippen LogP contribution in [0.5, 0.6) is 0 Å². The number of carbonyl (C=O) groups is 1. The molecule has 37 heavy (non-hydrogen) atoms. The van der Waals surface area contributed by atoms with Gasteiger partial charge in [-0.2, -0.15) is 0 Å². The van der Waals surface area contributed by atoms with Crippen LogP contribution in [0.25, 0.3) is 32.7 Å². The molecule has 5 heteroatoms. The Labute approximate surface area is 215 Å². The number of nitrogens with zero attached hydrogens (tertiary/aromatic N) is 4. The molecular formula is C32H23N4O. The molecule has 0 unspecified atom stereocenters. The minimum atomic E-state index is -0.270. The number of benzene rings is 5. The third-order valence-corrected chi connectivity index (χ3v) is 6.51. The van der Waals surface area contributed by atoms with E-state index in [0.717, 1.165) is 49.4 Å². The van der Waals surface area contributed by atoms with Gasteiger partial charge in [0.25, 0.3) is 0 Å². The lowest BCUT2D eigenvalue weighted by molar-refractivity contribution is 0.155. The van der Waals surface area contributed by atoms with Crippen LogP contribution in [-0.2, 0) is 0 Å². The number of fused-ring (bicyclic) bond motifs is 2. The Balaban J connectivity index is 1.52. The molecule has 177 valence electrons. The van der Waals surface area contributed by atoms with Crippen molar-refractivity contribution in [3.8, 4) is 23.0 Å². The molecule has 0 aliphatic carbocycles. The summed E-state index contributed by atoms with van der Waals surface area (Å²) in [6, 6.07) is 34.9. The quantitative estimate of drug-likeness (QED) is 0.218. The van der Waals surface area contributed by atoms with E-state index in [4.69, 9.17) is 0 Å². The molecule has 1 heterocycles. The molecule has 0 spiro atoms. The smallest absolute Gasteiger partial charge is 0.244 e. The monoisotopic (exact) mass is 479 g/mol. The predicted molar refractivity (Wildman–Crippen MR) is 149 cm³/mol. The van der Waals surface area contributed by atoms with E-state index in [1.807, 2.05) is 42.5 Å². The molecule has 0 fully saturated rings.